The molecule has 0 saturated carbocycles. The van der Waals surface area contributed by atoms with Crippen LogP contribution in [0.3, 0.4) is 0 Å². The molecule has 1 amide bonds. The molecule has 0 fully saturated rings. The summed E-state index contributed by atoms with van der Waals surface area (Å²) in [6, 6.07) is 8.17. The summed E-state index contributed by atoms with van der Waals surface area (Å²) in [7, 11) is 0. The van der Waals surface area contributed by atoms with Crippen molar-refractivity contribution in [3.63, 3.8) is 0 Å². The van der Waals surface area contributed by atoms with Gasteiger partial charge in [0.15, 0.2) is 5.76 Å². The lowest BCUT2D eigenvalue weighted by Crippen LogP contribution is -2.11. The van der Waals surface area contributed by atoms with Gasteiger partial charge in [-0.3, -0.25) is 4.79 Å². The number of anilines is 1. The van der Waals surface area contributed by atoms with E-state index in [1.54, 1.807) is 37.3 Å². The highest BCUT2D eigenvalue weighted by atomic mass is 35.5. The van der Waals surface area contributed by atoms with E-state index in [0.29, 0.717) is 21.5 Å². The highest BCUT2D eigenvalue weighted by molar-refractivity contribution is 6.35. The van der Waals surface area contributed by atoms with Gasteiger partial charge in [0.2, 0.25) is 0 Å². The lowest BCUT2D eigenvalue weighted by molar-refractivity contribution is 0.0995. The minimum Gasteiger partial charge on any atom is -0.456 e. The average molecular weight is 270 g/mol. The van der Waals surface area contributed by atoms with Crippen molar-refractivity contribution in [3.8, 4) is 0 Å². The van der Waals surface area contributed by atoms with Crippen LogP contribution >= 0.6 is 23.2 Å². The Labute approximate surface area is 108 Å². The number of carbonyl (C=O) groups is 1. The molecule has 0 spiro atoms. The maximum Gasteiger partial charge on any atom is 0.291 e. The zero-order valence-corrected chi connectivity index (χ0v) is 10.5. The number of nitrogens with one attached hydrogen (secondary N) is 1. The van der Waals surface area contributed by atoms with E-state index in [4.69, 9.17) is 27.6 Å². The molecule has 3 nitrogen and oxygen atoms in total. The Bertz CT molecular complexity index is 563. The first-order valence-electron chi connectivity index (χ1n) is 4.89. The highest BCUT2D eigenvalue weighted by Crippen LogP contribution is 2.26. The fourth-order valence-corrected chi connectivity index (χ4v) is 1.67. The van der Waals surface area contributed by atoms with Gasteiger partial charge in [-0.05, 0) is 37.3 Å². The van der Waals surface area contributed by atoms with Crippen molar-refractivity contribution in [2.24, 2.45) is 0 Å². The molecule has 17 heavy (non-hydrogen) atoms. The lowest BCUT2D eigenvalue weighted by atomic mass is 10.3. The van der Waals surface area contributed by atoms with Gasteiger partial charge in [0.1, 0.15) is 5.76 Å². The molecule has 2 aromatic rings. The summed E-state index contributed by atoms with van der Waals surface area (Å²) in [6.07, 6.45) is 0. The van der Waals surface area contributed by atoms with E-state index in [9.17, 15) is 4.79 Å². The van der Waals surface area contributed by atoms with Crippen LogP contribution in [-0.4, -0.2) is 5.91 Å². The largest absolute Gasteiger partial charge is 0.456 e. The quantitative estimate of drug-likeness (QED) is 0.890. The summed E-state index contributed by atoms with van der Waals surface area (Å²) in [6.45, 7) is 1.77. The summed E-state index contributed by atoms with van der Waals surface area (Å²) in [5.41, 5.74) is 0.457. The number of carbonyl (C=O) groups excluding carboxylic acids is 1. The average Bonchev–Trinajstić information content (AvgIpc) is 2.70. The summed E-state index contributed by atoms with van der Waals surface area (Å²) < 4.78 is 5.20. The summed E-state index contributed by atoms with van der Waals surface area (Å²) in [5.74, 6) is 0.549. The van der Waals surface area contributed by atoms with E-state index < -0.39 is 0 Å². The topological polar surface area (TPSA) is 42.2 Å². The van der Waals surface area contributed by atoms with E-state index in [-0.39, 0.29) is 11.7 Å². The van der Waals surface area contributed by atoms with E-state index in [1.807, 2.05) is 0 Å². The van der Waals surface area contributed by atoms with Gasteiger partial charge in [-0.1, -0.05) is 23.2 Å². The second kappa shape index (κ2) is 4.82. The Balaban J connectivity index is 2.21. The number of benzene rings is 1. The van der Waals surface area contributed by atoms with Crippen molar-refractivity contribution in [2.45, 2.75) is 6.92 Å². The lowest BCUT2D eigenvalue weighted by Gasteiger charge is -2.05. The van der Waals surface area contributed by atoms with Crippen LogP contribution in [-0.2, 0) is 0 Å². The molecule has 0 unspecified atom stereocenters. The van der Waals surface area contributed by atoms with Crippen LogP contribution in [0.2, 0.25) is 10.0 Å². The van der Waals surface area contributed by atoms with Gasteiger partial charge in [-0.2, -0.15) is 0 Å². The standard InChI is InChI=1S/C12H9Cl2NO2/c1-7-2-5-11(17-7)12(16)15-10-6-8(13)3-4-9(10)14/h2-6H,1H3,(H,15,16). The van der Waals surface area contributed by atoms with E-state index in [1.165, 1.54) is 0 Å². The van der Waals surface area contributed by atoms with Crippen LogP contribution in [0, 0.1) is 6.92 Å². The third kappa shape index (κ3) is 2.81. The predicted molar refractivity (Wildman–Crippen MR) is 67.9 cm³/mol. The number of halogens is 2. The molecule has 0 saturated heterocycles. The minimum atomic E-state index is -0.359. The normalized spacial score (nSPS) is 10.3. The molecular weight excluding hydrogens is 261 g/mol. The van der Waals surface area contributed by atoms with Gasteiger partial charge < -0.3 is 9.73 Å². The molecule has 0 aliphatic heterocycles. The maximum atomic E-state index is 11.8. The molecule has 1 aromatic carbocycles. The summed E-state index contributed by atoms with van der Waals surface area (Å²) in [5, 5.41) is 3.55. The zero-order valence-electron chi connectivity index (χ0n) is 8.96. The zero-order chi connectivity index (χ0) is 12.4. The van der Waals surface area contributed by atoms with Crippen molar-refractivity contribution < 1.29 is 9.21 Å². The molecule has 0 aliphatic carbocycles. The number of rotatable bonds is 2. The number of amides is 1. The van der Waals surface area contributed by atoms with Crippen molar-refractivity contribution in [1.29, 1.82) is 0 Å². The third-order valence-electron chi connectivity index (χ3n) is 2.14. The molecule has 1 N–H and O–H groups in total. The van der Waals surface area contributed by atoms with Crippen molar-refractivity contribution in [3.05, 3.63) is 51.9 Å². The molecule has 0 atom stereocenters. The molecular formula is C12H9Cl2NO2. The summed E-state index contributed by atoms with van der Waals surface area (Å²) in [4.78, 5) is 11.8. The van der Waals surface area contributed by atoms with Crippen LogP contribution in [0.15, 0.2) is 34.7 Å². The SMILES string of the molecule is Cc1ccc(C(=O)Nc2cc(Cl)ccc2Cl)o1. The highest BCUT2D eigenvalue weighted by Gasteiger charge is 2.12. The molecule has 5 heteroatoms. The summed E-state index contributed by atoms with van der Waals surface area (Å²) >= 11 is 11.7. The van der Waals surface area contributed by atoms with Gasteiger partial charge in [0, 0.05) is 5.02 Å². The van der Waals surface area contributed by atoms with Crippen LogP contribution in [0.25, 0.3) is 0 Å². The Kier molecular flexibility index (Phi) is 3.41. The molecule has 0 aliphatic rings. The predicted octanol–water partition coefficient (Wildman–Crippen LogP) is 4.15. The molecule has 0 radical (unpaired) electrons. The third-order valence-corrected chi connectivity index (χ3v) is 2.71. The first-order valence-corrected chi connectivity index (χ1v) is 5.64. The van der Waals surface area contributed by atoms with Gasteiger partial charge in [-0.25, -0.2) is 0 Å². The van der Waals surface area contributed by atoms with E-state index in [2.05, 4.69) is 5.32 Å². The second-order valence-corrected chi connectivity index (χ2v) is 4.33. The Morgan fingerprint density at radius 2 is 2.00 bits per heavy atom. The van der Waals surface area contributed by atoms with Crippen molar-refractivity contribution in [1.82, 2.24) is 0 Å². The van der Waals surface area contributed by atoms with Crippen LogP contribution < -0.4 is 5.32 Å². The molecule has 1 aromatic heterocycles. The molecule has 88 valence electrons. The monoisotopic (exact) mass is 269 g/mol. The fourth-order valence-electron chi connectivity index (χ4n) is 1.33. The van der Waals surface area contributed by atoms with E-state index >= 15 is 0 Å². The Morgan fingerprint density at radius 3 is 2.65 bits per heavy atom. The van der Waals surface area contributed by atoms with Gasteiger partial charge >= 0.3 is 0 Å². The fraction of sp³-hybridized carbons (Fsp3) is 0.0833. The van der Waals surface area contributed by atoms with Crippen LogP contribution in [0.1, 0.15) is 16.3 Å². The van der Waals surface area contributed by atoms with Gasteiger partial charge in [-0.15, -0.1) is 0 Å². The maximum absolute atomic E-state index is 11.8. The van der Waals surface area contributed by atoms with Crippen molar-refractivity contribution >= 4 is 34.8 Å². The number of aryl methyl sites for hydroxylation is 1. The van der Waals surface area contributed by atoms with Crippen LogP contribution in [0.4, 0.5) is 5.69 Å². The Morgan fingerprint density at radius 1 is 1.24 bits per heavy atom. The number of hydrogen-bond donors (Lipinski definition) is 1. The molecule has 1 heterocycles. The van der Waals surface area contributed by atoms with Gasteiger partial charge in [0.25, 0.3) is 5.91 Å². The first kappa shape index (κ1) is 12.0. The van der Waals surface area contributed by atoms with Crippen LogP contribution in [0.5, 0.6) is 0 Å². The number of furan rings is 1. The first-order chi connectivity index (χ1) is 8.06. The molecule has 2 rings (SSSR count). The number of hydrogen-bond acceptors (Lipinski definition) is 2. The second-order valence-electron chi connectivity index (χ2n) is 3.49. The van der Waals surface area contributed by atoms with E-state index in [0.717, 1.165) is 0 Å². The molecule has 0 bridgehead atoms. The smallest absolute Gasteiger partial charge is 0.291 e. The Hall–Kier alpha value is -1.45. The minimum absolute atomic E-state index is 0.235. The van der Waals surface area contributed by atoms with Gasteiger partial charge in [0.05, 0.1) is 10.7 Å². The van der Waals surface area contributed by atoms with Crippen molar-refractivity contribution in [2.75, 3.05) is 5.32 Å².